The van der Waals surface area contributed by atoms with E-state index in [0.717, 1.165) is 32.4 Å². The number of carbonyl (C=O) groups is 1. The number of alkyl halides is 2. The van der Waals surface area contributed by atoms with Crippen LogP contribution < -0.4 is 10.6 Å². The van der Waals surface area contributed by atoms with Gasteiger partial charge in [0.2, 0.25) is 5.91 Å². The van der Waals surface area contributed by atoms with Crippen molar-refractivity contribution in [1.29, 1.82) is 0 Å². The van der Waals surface area contributed by atoms with Crippen LogP contribution in [0, 0.1) is 5.92 Å². The van der Waals surface area contributed by atoms with Crippen LogP contribution in [-0.2, 0) is 4.79 Å². The van der Waals surface area contributed by atoms with Crippen LogP contribution in [-0.4, -0.2) is 24.8 Å². The molecule has 1 aromatic carbocycles. The zero-order valence-corrected chi connectivity index (χ0v) is 13.8. The van der Waals surface area contributed by atoms with Crippen LogP contribution >= 0.6 is 24.2 Å². The van der Waals surface area contributed by atoms with Gasteiger partial charge in [0, 0.05) is 17.0 Å². The first-order valence-corrected chi connectivity index (χ1v) is 8.07. The van der Waals surface area contributed by atoms with E-state index in [1.807, 2.05) is 0 Å². The highest BCUT2D eigenvalue weighted by Crippen LogP contribution is 2.27. The average Bonchev–Trinajstić information content (AvgIpc) is 2.46. The molecule has 1 amide bonds. The number of rotatable bonds is 6. The molecule has 0 aliphatic carbocycles. The number of benzene rings is 1. The van der Waals surface area contributed by atoms with Gasteiger partial charge in [0.15, 0.2) is 0 Å². The summed E-state index contributed by atoms with van der Waals surface area (Å²) in [4.78, 5) is 12.4. The fraction of sp³-hybridized carbons (Fsp3) is 0.533. The summed E-state index contributed by atoms with van der Waals surface area (Å²) in [6, 6.07) is 6.59. The summed E-state index contributed by atoms with van der Waals surface area (Å²) in [6.07, 6.45) is 3.61. The molecule has 1 heterocycles. The number of amides is 1. The average molecular weight is 351 g/mol. The summed E-state index contributed by atoms with van der Waals surface area (Å²) < 4.78 is 24.6. The molecule has 0 atom stereocenters. The van der Waals surface area contributed by atoms with Crippen molar-refractivity contribution in [3.05, 3.63) is 24.3 Å². The minimum atomic E-state index is -2.45. The molecule has 124 valence electrons. The molecule has 0 unspecified atom stereocenters. The molecule has 0 saturated carbocycles. The summed E-state index contributed by atoms with van der Waals surface area (Å²) in [6.45, 7) is 2.05. The van der Waals surface area contributed by atoms with Crippen LogP contribution in [0.2, 0.25) is 0 Å². The Hall–Kier alpha value is -0.850. The van der Waals surface area contributed by atoms with E-state index in [1.165, 1.54) is 0 Å². The Labute approximate surface area is 140 Å². The molecule has 1 aromatic rings. The van der Waals surface area contributed by atoms with Gasteiger partial charge in [-0.25, -0.2) is 0 Å². The van der Waals surface area contributed by atoms with Crippen LogP contribution in [0.3, 0.4) is 0 Å². The van der Waals surface area contributed by atoms with Crippen molar-refractivity contribution in [1.82, 2.24) is 5.32 Å². The fourth-order valence-electron chi connectivity index (χ4n) is 2.48. The lowest BCUT2D eigenvalue weighted by Gasteiger charge is -2.22. The van der Waals surface area contributed by atoms with E-state index in [9.17, 15) is 13.6 Å². The number of piperidine rings is 1. The van der Waals surface area contributed by atoms with Gasteiger partial charge in [-0.2, -0.15) is 8.78 Å². The van der Waals surface area contributed by atoms with Gasteiger partial charge >= 0.3 is 0 Å². The van der Waals surface area contributed by atoms with Crippen molar-refractivity contribution < 1.29 is 13.6 Å². The van der Waals surface area contributed by atoms with E-state index in [4.69, 9.17) is 0 Å². The Kier molecular flexibility index (Phi) is 8.75. The lowest BCUT2D eigenvalue weighted by atomic mass is 9.93. The van der Waals surface area contributed by atoms with E-state index in [1.54, 1.807) is 24.3 Å². The molecule has 2 N–H and O–H groups in total. The molecule has 1 saturated heterocycles. The Morgan fingerprint density at radius 1 is 1.36 bits per heavy atom. The molecular weight excluding hydrogens is 330 g/mol. The number of nitrogens with one attached hydrogen (secondary N) is 2. The Morgan fingerprint density at radius 2 is 2.09 bits per heavy atom. The monoisotopic (exact) mass is 350 g/mol. The quantitative estimate of drug-likeness (QED) is 0.757. The van der Waals surface area contributed by atoms with Crippen LogP contribution in [0.4, 0.5) is 14.5 Å². The second-order valence-corrected chi connectivity index (χ2v) is 6.25. The van der Waals surface area contributed by atoms with Crippen LogP contribution in [0.25, 0.3) is 0 Å². The molecule has 1 aliphatic rings. The summed E-state index contributed by atoms with van der Waals surface area (Å²) in [5.74, 6) is -1.89. The highest BCUT2D eigenvalue weighted by Gasteiger charge is 2.14. The zero-order chi connectivity index (χ0) is 15.1. The van der Waals surface area contributed by atoms with Gasteiger partial charge in [-0.15, -0.1) is 12.4 Å². The van der Waals surface area contributed by atoms with Crippen LogP contribution in [0.15, 0.2) is 29.2 Å². The van der Waals surface area contributed by atoms with E-state index in [-0.39, 0.29) is 18.3 Å². The summed E-state index contributed by atoms with van der Waals surface area (Å²) in [5, 5.41) is 6.08. The SMILES string of the molecule is Cl.O=C(CCC1CCNCC1)Nc1cccc(SC(F)F)c1. The zero-order valence-electron chi connectivity index (χ0n) is 12.2. The van der Waals surface area contributed by atoms with Crippen molar-refractivity contribution in [3.8, 4) is 0 Å². The summed E-state index contributed by atoms with van der Waals surface area (Å²) in [5.41, 5.74) is 0.580. The van der Waals surface area contributed by atoms with Crippen LogP contribution in [0.5, 0.6) is 0 Å². The molecule has 0 radical (unpaired) electrons. The first kappa shape index (κ1) is 19.2. The summed E-state index contributed by atoms with van der Waals surface area (Å²) >= 11 is 0.484. The third kappa shape index (κ3) is 6.94. The van der Waals surface area contributed by atoms with Crippen molar-refractivity contribution in [2.75, 3.05) is 18.4 Å². The minimum Gasteiger partial charge on any atom is -0.326 e. The minimum absolute atomic E-state index is 0. The number of anilines is 1. The van der Waals surface area contributed by atoms with Gasteiger partial charge < -0.3 is 10.6 Å². The standard InChI is InChI=1S/C15H20F2N2OS.ClH/c16-15(17)21-13-3-1-2-12(10-13)19-14(20)5-4-11-6-8-18-9-7-11;/h1-3,10-11,15,18H,4-9H2,(H,19,20);1H. The first-order valence-electron chi connectivity index (χ1n) is 7.19. The fourth-order valence-corrected chi connectivity index (χ4v) is 3.04. The smallest absolute Gasteiger partial charge is 0.288 e. The molecule has 3 nitrogen and oxygen atoms in total. The second-order valence-electron chi connectivity index (χ2n) is 5.19. The van der Waals surface area contributed by atoms with Crippen molar-refractivity contribution >= 4 is 35.8 Å². The van der Waals surface area contributed by atoms with E-state index in [0.29, 0.717) is 34.7 Å². The third-order valence-corrected chi connectivity index (χ3v) is 4.29. The lowest BCUT2D eigenvalue weighted by Crippen LogP contribution is -2.28. The van der Waals surface area contributed by atoms with Gasteiger partial charge in [-0.05, 0) is 56.5 Å². The van der Waals surface area contributed by atoms with Gasteiger partial charge in [-0.1, -0.05) is 17.8 Å². The van der Waals surface area contributed by atoms with Gasteiger partial charge in [0.1, 0.15) is 0 Å². The Morgan fingerprint density at radius 3 is 2.77 bits per heavy atom. The Bertz CT molecular complexity index is 471. The largest absolute Gasteiger partial charge is 0.326 e. The number of hydrogen-bond acceptors (Lipinski definition) is 3. The van der Waals surface area contributed by atoms with Crippen molar-refractivity contribution in [2.24, 2.45) is 5.92 Å². The third-order valence-electron chi connectivity index (χ3n) is 3.58. The highest BCUT2D eigenvalue weighted by atomic mass is 35.5. The number of carbonyl (C=O) groups excluding carboxylic acids is 1. The Balaban J connectivity index is 0.00000242. The molecule has 22 heavy (non-hydrogen) atoms. The molecule has 0 spiro atoms. The molecular formula is C15H21ClF2N2OS. The maximum absolute atomic E-state index is 12.3. The van der Waals surface area contributed by atoms with Gasteiger partial charge in [0.05, 0.1) is 0 Å². The maximum Gasteiger partial charge on any atom is 0.288 e. The van der Waals surface area contributed by atoms with Crippen molar-refractivity contribution in [2.45, 2.75) is 36.3 Å². The molecule has 1 aliphatic heterocycles. The molecule has 2 rings (SSSR count). The molecule has 7 heteroatoms. The van der Waals surface area contributed by atoms with Crippen molar-refractivity contribution in [3.63, 3.8) is 0 Å². The van der Waals surface area contributed by atoms with Crippen LogP contribution in [0.1, 0.15) is 25.7 Å². The molecule has 1 fully saturated rings. The number of thioether (sulfide) groups is 1. The second kappa shape index (κ2) is 10.0. The van der Waals surface area contributed by atoms with E-state index in [2.05, 4.69) is 10.6 Å². The predicted molar refractivity (Wildman–Crippen MR) is 89.0 cm³/mol. The maximum atomic E-state index is 12.3. The van der Waals surface area contributed by atoms with E-state index < -0.39 is 5.76 Å². The summed E-state index contributed by atoms with van der Waals surface area (Å²) in [7, 11) is 0. The van der Waals surface area contributed by atoms with E-state index >= 15 is 0 Å². The normalized spacial score (nSPS) is 15.4. The molecule has 0 aromatic heterocycles. The van der Waals surface area contributed by atoms with Gasteiger partial charge in [0.25, 0.3) is 5.76 Å². The number of halogens is 3. The van der Waals surface area contributed by atoms with Gasteiger partial charge in [-0.3, -0.25) is 4.79 Å². The first-order chi connectivity index (χ1) is 10.1. The predicted octanol–water partition coefficient (Wildman–Crippen LogP) is 4.14. The lowest BCUT2D eigenvalue weighted by molar-refractivity contribution is -0.116. The molecule has 0 bridgehead atoms. The highest BCUT2D eigenvalue weighted by molar-refractivity contribution is 7.99. The number of hydrogen-bond donors (Lipinski definition) is 2. The topological polar surface area (TPSA) is 41.1 Å².